The summed E-state index contributed by atoms with van der Waals surface area (Å²) in [6, 6.07) is 7.94. The lowest BCUT2D eigenvalue weighted by molar-refractivity contribution is -0.480. The van der Waals surface area contributed by atoms with Gasteiger partial charge in [-0.3, -0.25) is 25.0 Å². The van der Waals surface area contributed by atoms with Crippen LogP contribution in [0.1, 0.15) is 39.2 Å². The number of guanidine groups is 1. The molecule has 6 N–H and O–H groups in total. The fourth-order valence-electron chi connectivity index (χ4n) is 3.18. The van der Waals surface area contributed by atoms with Crippen LogP contribution in [0, 0.1) is 10.1 Å². The maximum absolute atomic E-state index is 13.3. The normalized spacial score (nSPS) is 13.6. The van der Waals surface area contributed by atoms with E-state index in [1.165, 1.54) is 0 Å². The summed E-state index contributed by atoms with van der Waals surface area (Å²) in [5, 5.41) is 16.1. The highest BCUT2D eigenvalue weighted by atomic mass is 16.6. The maximum Gasteiger partial charge on any atom is 0.354 e. The predicted molar refractivity (Wildman–Crippen MR) is 128 cm³/mol. The highest BCUT2D eigenvalue weighted by Gasteiger charge is 2.43. The maximum atomic E-state index is 13.3. The standard InChI is InChI=1S/C22H34N6O7/c1-21(2,3)35-17(29)14-25-16(13-15-9-6-5-7-10-15)18(30)26-22(19(31)34-4,27-20(23)24)11-8-12-28(32)33/h5-7,9-10,16,25H,8,11-14H2,1-4H3,(H,26,30)(H4,23,24,27)/t16-,22+/m0/s1. The van der Waals surface area contributed by atoms with E-state index in [4.69, 9.17) is 20.9 Å². The van der Waals surface area contributed by atoms with Crippen LogP contribution in [0.15, 0.2) is 35.3 Å². The fourth-order valence-corrected chi connectivity index (χ4v) is 3.18. The van der Waals surface area contributed by atoms with Gasteiger partial charge >= 0.3 is 11.9 Å². The number of hydrogen-bond donors (Lipinski definition) is 4. The summed E-state index contributed by atoms with van der Waals surface area (Å²) in [7, 11) is 1.07. The van der Waals surface area contributed by atoms with Crippen LogP contribution >= 0.6 is 0 Å². The van der Waals surface area contributed by atoms with Crippen LogP contribution in [0.3, 0.4) is 0 Å². The van der Waals surface area contributed by atoms with Gasteiger partial charge in [0.2, 0.25) is 18.1 Å². The molecule has 1 aromatic rings. The van der Waals surface area contributed by atoms with E-state index in [1.807, 2.05) is 6.07 Å². The first-order valence-electron chi connectivity index (χ1n) is 10.9. The third-order valence-corrected chi connectivity index (χ3v) is 4.56. The number of rotatable bonds is 13. The summed E-state index contributed by atoms with van der Waals surface area (Å²) in [6.07, 6.45) is -0.286. The topological polar surface area (TPSA) is 201 Å². The Morgan fingerprint density at radius 1 is 1.17 bits per heavy atom. The molecule has 0 unspecified atom stereocenters. The van der Waals surface area contributed by atoms with Gasteiger partial charge in [0.25, 0.3) is 0 Å². The number of ether oxygens (including phenoxy) is 2. The number of amides is 1. The van der Waals surface area contributed by atoms with E-state index in [0.717, 1.165) is 12.7 Å². The molecular weight excluding hydrogens is 460 g/mol. The fraction of sp³-hybridized carbons (Fsp3) is 0.545. The minimum absolute atomic E-state index is 0.131. The van der Waals surface area contributed by atoms with Crippen LogP contribution in [0.25, 0.3) is 0 Å². The van der Waals surface area contributed by atoms with Crippen LogP contribution in [0.4, 0.5) is 0 Å². The highest BCUT2D eigenvalue weighted by Crippen LogP contribution is 2.19. The number of methoxy groups -OCH3 is 1. The number of nitrogens with zero attached hydrogens (tertiary/aromatic N) is 2. The summed E-state index contributed by atoms with van der Waals surface area (Å²) >= 11 is 0. The Morgan fingerprint density at radius 3 is 2.31 bits per heavy atom. The van der Waals surface area contributed by atoms with E-state index in [9.17, 15) is 24.5 Å². The van der Waals surface area contributed by atoms with E-state index in [-0.39, 0.29) is 25.8 Å². The SMILES string of the molecule is COC(=O)[C@@](CCC[N+](=O)[O-])(N=C(N)N)NC(=O)[C@H](Cc1ccccc1)NCC(=O)OC(C)(C)C. The molecule has 0 saturated heterocycles. The van der Waals surface area contributed by atoms with Crippen molar-refractivity contribution < 1.29 is 28.8 Å². The number of benzene rings is 1. The number of carbonyl (C=O) groups excluding carboxylic acids is 3. The number of aliphatic imine (C=N–C) groups is 1. The van der Waals surface area contributed by atoms with E-state index < -0.39 is 52.6 Å². The summed E-state index contributed by atoms with van der Waals surface area (Å²) in [5.41, 5.74) is 8.94. The lowest BCUT2D eigenvalue weighted by Crippen LogP contribution is -2.60. The van der Waals surface area contributed by atoms with E-state index in [2.05, 4.69) is 15.6 Å². The summed E-state index contributed by atoms with van der Waals surface area (Å²) in [4.78, 5) is 52.3. The highest BCUT2D eigenvalue weighted by molar-refractivity contribution is 5.92. The van der Waals surface area contributed by atoms with Crippen LogP contribution < -0.4 is 22.1 Å². The quantitative estimate of drug-likeness (QED) is 0.0938. The van der Waals surface area contributed by atoms with Crippen molar-refractivity contribution in [2.75, 3.05) is 20.2 Å². The minimum atomic E-state index is -2.09. The van der Waals surface area contributed by atoms with E-state index in [0.29, 0.717) is 0 Å². The third kappa shape index (κ3) is 10.8. The van der Waals surface area contributed by atoms with Crippen molar-refractivity contribution in [1.29, 1.82) is 0 Å². The van der Waals surface area contributed by atoms with Crippen LogP contribution in [0.5, 0.6) is 0 Å². The molecule has 13 nitrogen and oxygen atoms in total. The summed E-state index contributed by atoms with van der Waals surface area (Å²) in [5.74, 6) is -2.85. The second-order valence-corrected chi connectivity index (χ2v) is 8.75. The molecule has 1 amide bonds. The van der Waals surface area contributed by atoms with Crippen molar-refractivity contribution in [1.82, 2.24) is 10.6 Å². The van der Waals surface area contributed by atoms with Crippen molar-refractivity contribution in [3.8, 4) is 0 Å². The van der Waals surface area contributed by atoms with Crippen molar-refractivity contribution in [2.24, 2.45) is 16.5 Å². The molecule has 0 bridgehead atoms. The van der Waals surface area contributed by atoms with Gasteiger partial charge in [-0.25, -0.2) is 9.79 Å². The largest absolute Gasteiger partial charge is 0.466 e. The number of carbonyl (C=O) groups is 3. The molecule has 0 aliphatic rings. The zero-order valence-corrected chi connectivity index (χ0v) is 20.4. The zero-order chi connectivity index (χ0) is 26.6. The molecule has 0 aromatic heterocycles. The minimum Gasteiger partial charge on any atom is -0.466 e. The van der Waals surface area contributed by atoms with Gasteiger partial charge in [-0.05, 0) is 32.8 Å². The van der Waals surface area contributed by atoms with Gasteiger partial charge in [-0.2, -0.15) is 0 Å². The number of esters is 2. The monoisotopic (exact) mass is 494 g/mol. The molecule has 1 rings (SSSR count). The van der Waals surface area contributed by atoms with Gasteiger partial charge in [0, 0.05) is 17.8 Å². The van der Waals surface area contributed by atoms with Crippen molar-refractivity contribution in [2.45, 2.75) is 57.3 Å². The van der Waals surface area contributed by atoms with Gasteiger partial charge in [0.1, 0.15) is 5.60 Å². The molecule has 194 valence electrons. The summed E-state index contributed by atoms with van der Waals surface area (Å²) < 4.78 is 10.1. The smallest absolute Gasteiger partial charge is 0.354 e. The Labute approximate surface area is 203 Å². The van der Waals surface area contributed by atoms with Crippen LogP contribution in [-0.2, 0) is 30.3 Å². The number of hydrogen-bond acceptors (Lipinski definition) is 9. The van der Waals surface area contributed by atoms with Crippen molar-refractivity contribution in [3.05, 3.63) is 46.0 Å². The van der Waals surface area contributed by atoms with E-state index in [1.54, 1.807) is 45.0 Å². The van der Waals surface area contributed by atoms with Gasteiger partial charge in [0.15, 0.2) is 5.96 Å². The molecule has 0 saturated carbocycles. The number of nitrogens with two attached hydrogens (primary N) is 2. The van der Waals surface area contributed by atoms with Crippen LogP contribution in [-0.4, -0.2) is 66.2 Å². The molecule has 35 heavy (non-hydrogen) atoms. The average Bonchev–Trinajstić information content (AvgIpc) is 2.74. The Balaban J connectivity index is 3.23. The van der Waals surface area contributed by atoms with Crippen LogP contribution in [0.2, 0.25) is 0 Å². The molecule has 0 heterocycles. The Kier molecular flexibility index (Phi) is 11.1. The first-order valence-corrected chi connectivity index (χ1v) is 10.9. The Bertz CT molecular complexity index is 913. The molecule has 1 aromatic carbocycles. The zero-order valence-electron chi connectivity index (χ0n) is 20.4. The molecule has 0 radical (unpaired) electrons. The number of nitrogens with one attached hydrogen (secondary N) is 2. The lowest BCUT2D eigenvalue weighted by Gasteiger charge is -2.30. The van der Waals surface area contributed by atoms with Gasteiger partial charge in [-0.15, -0.1) is 0 Å². The van der Waals surface area contributed by atoms with Gasteiger partial charge in [0.05, 0.1) is 19.7 Å². The molecular formula is C22H34N6O7. The molecule has 0 aliphatic carbocycles. The van der Waals surface area contributed by atoms with E-state index >= 15 is 0 Å². The second kappa shape index (κ2) is 13.2. The van der Waals surface area contributed by atoms with Gasteiger partial charge in [-0.1, -0.05) is 30.3 Å². The molecule has 0 fully saturated rings. The molecule has 13 heteroatoms. The predicted octanol–water partition coefficient (Wildman–Crippen LogP) is -0.155. The Morgan fingerprint density at radius 2 is 1.80 bits per heavy atom. The Hall–Kier alpha value is -3.74. The summed E-state index contributed by atoms with van der Waals surface area (Å²) in [6.45, 7) is 4.35. The van der Waals surface area contributed by atoms with Gasteiger partial charge < -0.3 is 26.3 Å². The number of nitro groups is 1. The average molecular weight is 495 g/mol. The molecule has 0 aliphatic heterocycles. The van der Waals surface area contributed by atoms with Crippen molar-refractivity contribution in [3.63, 3.8) is 0 Å². The second-order valence-electron chi connectivity index (χ2n) is 8.75. The lowest BCUT2D eigenvalue weighted by atomic mass is 10.0. The van der Waals surface area contributed by atoms with Crippen molar-refractivity contribution >= 4 is 23.8 Å². The first kappa shape index (κ1) is 29.3. The molecule has 0 spiro atoms. The third-order valence-electron chi connectivity index (χ3n) is 4.56. The molecule has 2 atom stereocenters. The first-order chi connectivity index (χ1) is 16.3.